The number of carbonyl (C=O) groups excluding carboxylic acids is 1. The molecule has 3 heterocycles. The number of ether oxygens (including phenoxy) is 1. The molecule has 6 N–H and O–H groups in total. The third kappa shape index (κ3) is 4.43. The van der Waals surface area contributed by atoms with Gasteiger partial charge in [-0.15, -0.1) is 0 Å². The number of hydrogen-bond acceptors (Lipinski definition) is 9. The zero-order valence-electron chi connectivity index (χ0n) is 17.0. The summed E-state index contributed by atoms with van der Waals surface area (Å²) in [6, 6.07) is 10.9. The van der Waals surface area contributed by atoms with E-state index in [2.05, 4.69) is 20.3 Å². The first-order valence-electron chi connectivity index (χ1n) is 10.0. The highest BCUT2D eigenvalue weighted by Crippen LogP contribution is 2.35. The van der Waals surface area contributed by atoms with E-state index in [0.717, 1.165) is 5.56 Å². The summed E-state index contributed by atoms with van der Waals surface area (Å²) >= 11 is 0. The van der Waals surface area contributed by atoms with Gasteiger partial charge in [0.1, 0.15) is 12.2 Å². The van der Waals surface area contributed by atoms with Gasteiger partial charge in [0, 0.05) is 23.7 Å². The minimum absolute atomic E-state index is 0.0274. The van der Waals surface area contributed by atoms with Crippen LogP contribution < -0.4 is 11.1 Å². The highest BCUT2D eigenvalue weighted by atomic mass is 16.5. The average Bonchev–Trinajstić information content (AvgIpc) is 2.82. The molecule has 0 radical (unpaired) electrons. The van der Waals surface area contributed by atoms with E-state index < -0.39 is 36.9 Å². The predicted molar refractivity (Wildman–Crippen MR) is 115 cm³/mol. The molecule has 1 amide bonds. The Balaban J connectivity index is 1.60. The standard InChI is InChI=1S/C22H23N5O5/c23-21-19(26-14(10-25-21)12-4-2-1-3-5-12)22(31)27-15-9-24-7-6-13(15)17-8-16(29)20(30)18(11-28)32-17/h1-7,9-10,16-18,20,28-30H,8,11H2,(H2,23,25)(H,27,31)/t16-,17-,18-,20+/m1/s1. The summed E-state index contributed by atoms with van der Waals surface area (Å²) in [4.78, 5) is 25.5. The first kappa shape index (κ1) is 21.8. The Bertz CT molecular complexity index is 1100. The number of nitrogens with zero attached hydrogens (tertiary/aromatic N) is 3. The number of pyridine rings is 1. The maximum absolute atomic E-state index is 13.0. The highest BCUT2D eigenvalue weighted by Gasteiger charge is 2.37. The summed E-state index contributed by atoms with van der Waals surface area (Å²) in [7, 11) is 0. The molecule has 0 unspecified atom stereocenters. The van der Waals surface area contributed by atoms with Crippen molar-refractivity contribution in [2.45, 2.75) is 30.8 Å². The van der Waals surface area contributed by atoms with Crippen LogP contribution in [0.25, 0.3) is 11.3 Å². The van der Waals surface area contributed by atoms with Crippen LogP contribution in [0.2, 0.25) is 0 Å². The summed E-state index contributed by atoms with van der Waals surface area (Å²) in [6.07, 6.45) is 0.604. The van der Waals surface area contributed by atoms with E-state index in [1.165, 1.54) is 18.6 Å². The van der Waals surface area contributed by atoms with Crippen LogP contribution in [0.5, 0.6) is 0 Å². The first-order chi connectivity index (χ1) is 15.5. The van der Waals surface area contributed by atoms with Crippen molar-refractivity contribution in [1.29, 1.82) is 0 Å². The predicted octanol–water partition coefficient (Wildman–Crippen LogP) is 0.917. The van der Waals surface area contributed by atoms with Gasteiger partial charge in [-0.3, -0.25) is 9.78 Å². The topological polar surface area (TPSA) is 164 Å². The van der Waals surface area contributed by atoms with Gasteiger partial charge < -0.3 is 31.1 Å². The lowest BCUT2D eigenvalue weighted by Gasteiger charge is -2.37. The zero-order chi connectivity index (χ0) is 22.7. The normalized spacial score (nSPS) is 23.0. The minimum atomic E-state index is -1.20. The number of rotatable bonds is 5. The molecule has 1 saturated heterocycles. The lowest BCUT2D eigenvalue weighted by Crippen LogP contribution is -2.47. The van der Waals surface area contributed by atoms with E-state index in [-0.39, 0.29) is 17.9 Å². The number of aliphatic hydroxyl groups excluding tert-OH is 3. The number of aromatic nitrogens is 3. The number of nitrogens with one attached hydrogen (secondary N) is 1. The number of amides is 1. The summed E-state index contributed by atoms with van der Waals surface area (Å²) in [5.74, 6) is -0.613. The molecule has 0 bridgehead atoms. The van der Waals surface area contributed by atoms with Crippen molar-refractivity contribution in [3.05, 3.63) is 66.2 Å². The van der Waals surface area contributed by atoms with E-state index in [1.807, 2.05) is 30.3 Å². The van der Waals surface area contributed by atoms with Crippen molar-refractivity contribution >= 4 is 17.4 Å². The molecule has 1 aliphatic rings. The van der Waals surface area contributed by atoms with Crippen LogP contribution in [-0.4, -0.2) is 61.1 Å². The van der Waals surface area contributed by atoms with Crippen molar-refractivity contribution in [2.75, 3.05) is 17.7 Å². The second-order valence-electron chi connectivity index (χ2n) is 7.41. The Morgan fingerprint density at radius 3 is 2.72 bits per heavy atom. The number of aliphatic hydroxyl groups is 3. The monoisotopic (exact) mass is 437 g/mol. The molecule has 0 saturated carbocycles. The SMILES string of the molecule is Nc1ncc(-c2ccccc2)nc1C(=O)Nc1cnccc1[C@H]1C[C@@H](O)[C@H](O)[C@@H](CO)O1. The number of nitrogen functional groups attached to an aromatic ring is 1. The van der Waals surface area contributed by atoms with Gasteiger partial charge in [-0.2, -0.15) is 0 Å². The largest absolute Gasteiger partial charge is 0.394 e. The van der Waals surface area contributed by atoms with Crippen molar-refractivity contribution in [3.63, 3.8) is 0 Å². The molecule has 1 aliphatic heterocycles. The molecule has 0 spiro atoms. The molecule has 32 heavy (non-hydrogen) atoms. The Morgan fingerprint density at radius 2 is 1.97 bits per heavy atom. The molecule has 3 aromatic rings. The second kappa shape index (κ2) is 9.37. The van der Waals surface area contributed by atoms with Gasteiger partial charge in [0.25, 0.3) is 5.91 Å². The number of benzene rings is 1. The molecule has 4 rings (SSSR count). The van der Waals surface area contributed by atoms with E-state index in [1.54, 1.807) is 6.07 Å². The van der Waals surface area contributed by atoms with E-state index in [0.29, 0.717) is 16.9 Å². The maximum Gasteiger partial charge on any atom is 0.278 e. The first-order valence-corrected chi connectivity index (χ1v) is 10.0. The molecule has 2 aromatic heterocycles. The van der Waals surface area contributed by atoms with Crippen molar-refractivity contribution in [1.82, 2.24) is 15.0 Å². The number of carbonyl (C=O) groups is 1. The zero-order valence-corrected chi connectivity index (χ0v) is 17.0. The number of anilines is 2. The van der Waals surface area contributed by atoms with Crippen molar-refractivity contribution in [2.24, 2.45) is 0 Å². The van der Waals surface area contributed by atoms with E-state index >= 15 is 0 Å². The third-order valence-electron chi connectivity index (χ3n) is 5.29. The highest BCUT2D eigenvalue weighted by molar-refractivity contribution is 6.06. The molecular weight excluding hydrogens is 414 g/mol. The summed E-state index contributed by atoms with van der Waals surface area (Å²) in [5, 5.41) is 32.3. The molecule has 1 fully saturated rings. The Labute approximate surface area is 183 Å². The van der Waals surface area contributed by atoms with Crippen LogP contribution in [0.4, 0.5) is 11.5 Å². The van der Waals surface area contributed by atoms with Gasteiger partial charge >= 0.3 is 0 Å². The van der Waals surface area contributed by atoms with Gasteiger partial charge in [-0.05, 0) is 6.07 Å². The van der Waals surface area contributed by atoms with Crippen LogP contribution in [0.1, 0.15) is 28.6 Å². The molecule has 4 atom stereocenters. The van der Waals surface area contributed by atoms with Crippen LogP contribution in [0.3, 0.4) is 0 Å². The quantitative estimate of drug-likeness (QED) is 0.390. The summed E-state index contributed by atoms with van der Waals surface area (Å²) in [5.41, 5.74) is 8.00. The molecule has 166 valence electrons. The lowest BCUT2D eigenvalue weighted by molar-refractivity contribution is -0.181. The molecule has 1 aromatic carbocycles. The number of hydrogen-bond donors (Lipinski definition) is 5. The summed E-state index contributed by atoms with van der Waals surface area (Å²) in [6.45, 7) is -0.458. The van der Waals surface area contributed by atoms with Gasteiger partial charge in [-0.1, -0.05) is 30.3 Å². The summed E-state index contributed by atoms with van der Waals surface area (Å²) < 4.78 is 5.74. The fraction of sp³-hybridized carbons (Fsp3) is 0.273. The van der Waals surface area contributed by atoms with Gasteiger partial charge in [-0.25, -0.2) is 9.97 Å². The number of nitrogens with two attached hydrogens (primary N) is 1. The minimum Gasteiger partial charge on any atom is -0.394 e. The molecule has 0 aliphatic carbocycles. The Morgan fingerprint density at radius 1 is 1.19 bits per heavy atom. The van der Waals surface area contributed by atoms with Gasteiger partial charge in [0.15, 0.2) is 11.5 Å². The smallest absolute Gasteiger partial charge is 0.278 e. The van der Waals surface area contributed by atoms with Crippen LogP contribution in [-0.2, 0) is 4.74 Å². The van der Waals surface area contributed by atoms with Crippen molar-refractivity contribution in [3.8, 4) is 11.3 Å². The van der Waals surface area contributed by atoms with Crippen LogP contribution in [0.15, 0.2) is 55.0 Å². The Hall–Kier alpha value is -3.44. The maximum atomic E-state index is 13.0. The lowest BCUT2D eigenvalue weighted by atomic mass is 9.94. The second-order valence-corrected chi connectivity index (χ2v) is 7.41. The van der Waals surface area contributed by atoms with E-state index in [9.17, 15) is 20.1 Å². The van der Waals surface area contributed by atoms with Crippen LogP contribution >= 0.6 is 0 Å². The molecule has 10 nitrogen and oxygen atoms in total. The van der Waals surface area contributed by atoms with Gasteiger partial charge in [0.2, 0.25) is 0 Å². The fourth-order valence-electron chi connectivity index (χ4n) is 3.59. The van der Waals surface area contributed by atoms with E-state index in [4.69, 9.17) is 10.5 Å². The third-order valence-corrected chi connectivity index (χ3v) is 5.29. The van der Waals surface area contributed by atoms with Crippen LogP contribution in [0, 0.1) is 0 Å². The Kier molecular flexibility index (Phi) is 6.37. The molecule has 10 heteroatoms. The van der Waals surface area contributed by atoms with Crippen molar-refractivity contribution < 1.29 is 24.9 Å². The molecular formula is C22H23N5O5. The average molecular weight is 437 g/mol. The fourth-order valence-corrected chi connectivity index (χ4v) is 3.59. The van der Waals surface area contributed by atoms with Gasteiger partial charge in [0.05, 0.1) is 42.6 Å².